The summed E-state index contributed by atoms with van der Waals surface area (Å²) in [5.74, 6) is -1.33. The third-order valence-electron chi connectivity index (χ3n) is 2.39. The topological polar surface area (TPSA) is 69.2 Å². The number of rotatable bonds is 6. The van der Waals surface area contributed by atoms with Gasteiger partial charge in [-0.15, -0.1) is 0 Å². The van der Waals surface area contributed by atoms with Gasteiger partial charge in [0.25, 0.3) is 0 Å². The Hall–Kier alpha value is -1.84. The molecular formula is C13H16NO3-. The third kappa shape index (κ3) is 4.68. The van der Waals surface area contributed by atoms with Gasteiger partial charge < -0.3 is 15.2 Å². The molecule has 0 heterocycles. The third-order valence-corrected chi connectivity index (χ3v) is 2.39. The Morgan fingerprint density at radius 3 is 2.71 bits per heavy atom. The minimum atomic E-state index is -1.24. The van der Waals surface area contributed by atoms with Gasteiger partial charge in [0, 0.05) is 12.1 Å². The standard InChI is InChI=1S/C13H17NO3/c1-2-3-4-8-12(15)14-11-7-5-6-10(9-11)13(16)17/h5-7,9H,2-4,8H2,1H3,(H,14,15)(H,16,17)/p-1. The lowest BCUT2D eigenvalue weighted by Crippen LogP contribution is -2.22. The van der Waals surface area contributed by atoms with Gasteiger partial charge in [0.05, 0.1) is 5.97 Å². The Morgan fingerprint density at radius 2 is 2.06 bits per heavy atom. The van der Waals surface area contributed by atoms with E-state index < -0.39 is 5.97 Å². The van der Waals surface area contributed by atoms with E-state index in [4.69, 9.17) is 0 Å². The molecule has 17 heavy (non-hydrogen) atoms. The summed E-state index contributed by atoms with van der Waals surface area (Å²) in [6, 6.07) is 6.06. The van der Waals surface area contributed by atoms with Crippen LogP contribution in [0.1, 0.15) is 43.0 Å². The SMILES string of the molecule is CCCCCC(=O)Nc1cccc(C(=O)[O-])c1. The maximum absolute atomic E-state index is 11.5. The van der Waals surface area contributed by atoms with Crippen LogP contribution in [0.2, 0.25) is 0 Å². The summed E-state index contributed by atoms with van der Waals surface area (Å²) in [6.07, 6.45) is 3.39. The highest BCUT2D eigenvalue weighted by molar-refractivity contribution is 5.93. The molecule has 0 bridgehead atoms. The van der Waals surface area contributed by atoms with E-state index in [0.717, 1.165) is 19.3 Å². The number of hydrogen-bond donors (Lipinski definition) is 1. The van der Waals surface area contributed by atoms with E-state index in [0.29, 0.717) is 12.1 Å². The summed E-state index contributed by atoms with van der Waals surface area (Å²) in [5, 5.41) is 13.3. The van der Waals surface area contributed by atoms with Crippen molar-refractivity contribution in [1.29, 1.82) is 0 Å². The second-order valence-corrected chi connectivity index (χ2v) is 3.87. The molecule has 1 aromatic carbocycles. The molecule has 4 nitrogen and oxygen atoms in total. The molecule has 0 aliphatic carbocycles. The zero-order valence-electron chi connectivity index (χ0n) is 9.86. The van der Waals surface area contributed by atoms with Crippen LogP contribution in [-0.2, 0) is 4.79 Å². The van der Waals surface area contributed by atoms with Crippen molar-refractivity contribution in [2.75, 3.05) is 5.32 Å². The van der Waals surface area contributed by atoms with Crippen molar-refractivity contribution < 1.29 is 14.7 Å². The molecule has 92 valence electrons. The molecule has 0 aliphatic rings. The number of aromatic carboxylic acids is 1. The van der Waals surface area contributed by atoms with Gasteiger partial charge in [-0.2, -0.15) is 0 Å². The van der Waals surface area contributed by atoms with E-state index in [2.05, 4.69) is 12.2 Å². The van der Waals surface area contributed by atoms with Crippen LogP contribution in [0.15, 0.2) is 24.3 Å². The average Bonchev–Trinajstić information content (AvgIpc) is 2.29. The number of carbonyl (C=O) groups excluding carboxylic acids is 2. The van der Waals surface area contributed by atoms with Crippen molar-refractivity contribution in [3.05, 3.63) is 29.8 Å². The molecule has 0 saturated carbocycles. The number of carboxylic acid groups (broad SMARTS) is 1. The Morgan fingerprint density at radius 1 is 1.29 bits per heavy atom. The quantitative estimate of drug-likeness (QED) is 0.759. The number of amides is 1. The van der Waals surface area contributed by atoms with Gasteiger partial charge in [0.15, 0.2) is 0 Å². The van der Waals surface area contributed by atoms with E-state index in [1.54, 1.807) is 12.1 Å². The number of unbranched alkanes of at least 4 members (excludes halogenated alkanes) is 2. The Bertz CT molecular complexity index is 401. The van der Waals surface area contributed by atoms with Gasteiger partial charge in [-0.3, -0.25) is 4.79 Å². The lowest BCUT2D eigenvalue weighted by molar-refractivity contribution is -0.255. The van der Waals surface area contributed by atoms with Gasteiger partial charge in [0.2, 0.25) is 5.91 Å². The fourth-order valence-corrected chi connectivity index (χ4v) is 1.48. The van der Waals surface area contributed by atoms with Crippen LogP contribution in [0.5, 0.6) is 0 Å². The molecule has 4 heteroatoms. The molecule has 0 unspecified atom stereocenters. The number of carbonyl (C=O) groups is 2. The predicted octanol–water partition coefficient (Wildman–Crippen LogP) is 1.57. The molecule has 0 saturated heterocycles. The van der Waals surface area contributed by atoms with Crippen LogP contribution >= 0.6 is 0 Å². The predicted molar refractivity (Wildman–Crippen MR) is 63.5 cm³/mol. The van der Waals surface area contributed by atoms with Crippen molar-refractivity contribution >= 4 is 17.6 Å². The van der Waals surface area contributed by atoms with E-state index in [-0.39, 0.29) is 11.5 Å². The fourth-order valence-electron chi connectivity index (χ4n) is 1.48. The van der Waals surface area contributed by atoms with Crippen molar-refractivity contribution in [3.63, 3.8) is 0 Å². The number of hydrogen-bond acceptors (Lipinski definition) is 3. The molecule has 1 rings (SSSR count). The van der Waals surface area contributed by atoms with Crippen molar-refractivity contribution in [3.8, 4) is 0 Å². The highest BCUT2D eigenvalue weighted by Gasteiger charge is 2.02. The Labute approximate surface area is 101 Å². The Balaban J connectivity index is 2.53. The second-order valence-electron chi connectivity index (χ2n) is 3.87. The number of carboxylic acids is 1. The second kappa shape index (κ2) is 6.68. The van der Waals surface area contributed by atoms with Crippen LogP contribution in [0.4, 0.5) is 5.69 Å². The lowest BCUT2D eigenvalue weighted by atomic mass is 10.2. The summed E-state index contributed by atoms with van der Waals surface area (Å²) in [4.78, 5) is 22.1. The minimum Gasteiger partial charge on any atom is -0.545 e. The van der Waals surface area contributed by atoms with Crippen molar-refractivity contribution in [1.82, 2.24) is 0 Å². The summed E-state index contributed by atoms with van der Waals surface area (Å²) in [6.45, 7) is 2.07. The summed E-state index contributed by atoms with van der Waals surface area (Å²) >= 11 is 0. The van der Waals surface area contributed by atoms with Crippen LogP contribution in [0, 0.1) is 0 Å². The van der Waals surface area contributed by atoms with Gasteiger partial charge in [0.1, 0.15) is 0 Å². The highest BCUT2D eigenvalue weighted by atomic mass is 16.4. The first kappa shape index (κ1) is 13.2. The number of benzene rings is 1. The highest BCUT2D eigenvalue weighted by Crippen LogP contribution is 2.11. The molecule has 0 spiro atoms. The zero-order chi connectivity index (χ0) is 12.7. The van der Waals surface area contributed by atoms with E-state index in [1.165, 1.54) is 12.1 Å². The average molecular weight is 234 g/mol. The lowest BCUT2D eigenvalue weighted by Gasteiger charge is -2.07. The molecule has 0 aliphatic heterocycles. The normalized spacial score (nSPS) is 9.94. The Kier molecular flexibility index (Phi) is 5.20. The maximum Gasteiger partial charge on any atom is 0.224 e. The number of nitrogens with one attached hydrogen (secondary N) is 1. The number of anilines is 1. The monoisotopic (exact) mass is 234 g/mol. The largest absolute Gasteiger partial charge is 0.545 e. The first-order chi connectivity index (χ1) is 8.13. The van der Waals surface area contributed by atoms with Gasteiger partial charge in [-0.05, 0) is 24.1 Å². The molecule has 0 fully saturated rings. The minimum absolute atomic E-state index is 0.0661. The summed E-state index contributed by atoms with van der Waals surface area (Å²) in [7, 11) is 0. The molecule has 0 atom stereocenters. The van der Waals surface area contributed by atoms with E-state index in [1.807, 2.05) is 0 Å². The fraction of sp³-hybridized carbons (Fsp3) is 0.385. The molecule has 1 amide bonds. The summed E-state index contributed by atoms with van der Waals surface area (Å²) in [5.41, 5.74) is 0.560. The smallest absolute Gasteiger partial charge is 0.224 e. The molecule has 1 aromatic rings. The molecule has 1 N–H and O–H groups in total. The first-order valence-corrected chi connectivity index (χ1v) is 5.74. The van der Waals surface area contributed by atoms with Gasteiger partial charge >= 0.3 is 0 Å². The van der Waals surface area contributed by atoms with E-state index >= 15 is 0 Å². The maximum atomic E-state index is 11.5. The zero-order valence-corrected chi connectivity index (χ0v) is 9.86. The molecule has 0 radical (unpaired) electrons. The van der Waals surface area contributed by atoms with Crippen LogP contribution in [0.25, 0.3) is 0 Å². The summed E-state index contributed by atoms with van der Waals surface area (Å²) < 4.78 is 0. The molecule has 0 aromatic heterocycles. The van der Waals surface area contributed by atoms with Gasteiger partial charge in [-0.25, -0.2) is 0 Å². The van der Waals surface area contributed by atoms with Crippen LogP contribution in [0.3, 0.4) is 0 Å². The van der Waals surface area contributed by atoms with E-state index in [9.17, 15) is 14.7 Å². The van der Waals surface area contributed by atoms with Crippen molar-refractivity contribution in [2.45, 2.75) is 32.6 Å². The first-order valence-electron chi connectivity index (χ1n) is 5.74. The van der Waals surface area contributed by atoms with Crippen LogP contribution < -0.4 is 10.4 Å². The van der Waals surface area contributed by atoms with Gasteiger partial charge in [-0.1, -0.05) is 31.9 Å². The van der Waals surface area contributed by atoms with Crippen molar-refractivity contribution in [2.24, 2.45) is 0 Å². The molecular weight excluding hydrogens is 218 g/mol. The van der Waals surface area contributed by atoms with Crippen LogP contribution in [-0.4, -0.2) is 11.9 Å².